The van der Waals surface area contributed by atoms with Crippen LogP contribution in [0.5, 0.6) is 5.75 Å². The number of furan rings is 1. The van der Waals surface area contributed by atoms with Crippen LogP contribution in [0.3, 0.4) is 0 Å². The van der Waals surface area contributed by atoms with E-state index in [0.29, 0.717) is 6.54 Å². The number of hydrogen-bond acceptors (Lipinski definition) is 4. The zero-order valence-electron chi connectivity index (χ0n) is 12.5. The highest BCUT2D eigenvalue weighted by Crippen LogP contribution is 2.22. The molecule has 1 heterocycles. The fourth-order valence-corrected chi connectivity index (χ4v) is 2.50. The van der Waals surface area contributed by atoms with Gasteiger partial charge in [-0.3, -0.25) is 0 Å². The van der Waals surface area contributed by atoms with Crippen molar-refractivity contribution in [2.75, 3.05) is 13.7 Å². The molecule has 3 rings (SSSR count). The molecule has 0 spiro atoms. The van der Waals surface area contributed by atoms with Gasteiger partial charge in [0.1, 0.15) is 11.5 Å². The summed E-state index contributed by atoms with van der Waals surface area (Å²) >= 11 is 0. The smallest absolute Gasteiger partial charge is 0.123 e. The van der Waals surface area contributed by atoms with Crippen LogP contribution in [-0.2, 0) is 6.54 Å². The molecule has 2 aromatic carbocycles. The van der Waals surface area contributed by atoms with Crippen molar-refractivity contribution < 1.29 is 14.3 Å². The molecule has 0 saturated carbocycles. The number of ether oxygens (including phenoxy) is 1. The Hall–Kier alpha value is -2.30. The topological polar surface area (TPSA) is 54.6 Å². The lowest BCUT2D eigenvalue weighted by Crippen LogP contribution is -2.23. The molecule has 0 fully saturated rings. The third-order valence-electron chi connectivity index (χ3n) is 3.73. The van der Waals surface area contributed by atoms with Gasteiger partial charge in [0.05, 0.1) is 26.0 Å². The van der Waals surface area contributed by atoms with Crippen molar-refractivity contribution in [1.82, 2.24) is 5.32 Å². The van der Waals surface area contributed by atoms with E-state index in [0.717, 1.165) is 22.5 Å². The number of benzene rings is 2. The fourth-order valence-electron chi connectivity index (χ4n) is 2.50. The van der Waals surface area contributed by atoms with Crippen LogP contribution in [0.2, 0.25) is 0 Å². The average Bonchev–Trinajstić information content (AvgIpc) is 3.09. The highest BCUT2D eigenvalue weighted by molar-refractivity contribution is 5.84. The quantitative estimate of drug-likeness (QED) is 0.733. The van der Waals surface area contributed by atoms with E-state index in [2.05, 4.69) is 23.5 Å². The number of nitrogens with one attached hydrogen (secondary N) is 1. The zero-order chi connectivity index (χ0) is 15.4. The van der Waals surface area contributed by atoms with Gasteiger partial charge in [-0.1, -0.05) is 18.2 Å². The molecule has 4 heteroatoms. The third-order valence-corrected chi connectivity index (χ3v) is 3.73. The number of methoxy groups -OCH3 is 1. The van der Waals surface area contributed by atoms with Crippen LogP contribution in [0.25, 0.3) is 10.8 Å². The standard InChI is InChI=1S/C18H19NO3/c1-21-16-7-6-14-9-13(4-5-15(14)10-16)11-19-17(12-20)18-3-2-8-22-18/h2-10,17,19-20H,11-12H2,1H3. The van der Waals surface area contributed by atoms with Gasteiger partial charge in [-0.2, -0.15) is 0 Å². The summed E-state index contributed by atoms with van der Waals surface area (Å²) in [6, 6.07) is 15.8. The predicted molar refractivity (Wildman–Crippen MR) is 85.9 cm³/mol. The van der Waals surface area contributed by atoms with E-state index in [9.17, 15) is 5.11 Å². The van der Waals surface area contributed by atoms with E-state index in [4.69, 9.17) is 9.15 Å². The van der Waals surface area contributed by atoms with Gasteiger partial charge in [-0.25, -0.2) is 0 Å². The molecule has 0 amide bonds. The molecule has 1 aromatic heterocycles. The highest BCUT2D eigenvalue weighted by atomic mass is 16.5. The minimum Gasteiger partial charge on any atom is -0.497 e. The normalized spacial score (nSPS) is 12.5. The first-order valence-electron chi connectivity index (χ1n) is 7.24. The molecule has 1 atom stereocenters. The lowest BCUT2D eigenvalue weighted by molar-refractivity contribution is 0.225. The summed E-state index contributed by atoms with van der Waals surface area (Å²) < 4.78 is 10.6. The molecule has 0 aliphatic carbocycles. The van der Waals surface area contributed by atoms with Gasteiger partial charge in [-0.15, -0.1) is 0 Å². The van der Waals surface area contributed by atoms with Gasteiger partial charge in [0.15, 0.2) is 0 Å². The first-order valence-corrected chi connectivity index (χ1v) is 7.24. The molecule has 114 valence electrons. The van der Waals surface area contributed by atoms with Crippen LogP contribution in [0.4, 0.5) is 0 Å². The van der Waals surface area contributed by atoms with Crippen LogP contribution in [0.15, 0.2) is 59.2 Å². The van der Waals surface area contributed by atoms with Crippen LogP contribution < -0.4 is 10.1 Å². The van der Waals surface area contributed by atoms with Crippen molar-refractivity contribution >= 4 is 10.8 Å². The van der Waals surface area contributed by atoms with E-state index in [-0.39, 0.29) is 12.6 Å². The second-order valence-electron chi connectivity index (χ2n) is 5.18. The Bertz CT molecular complexity index is 737. The number of fused-ring (bicyclic) bond motifs is 1. The van der Waals surface area contributed by atoms with E-state index in [1.54, 1.807) is 13.4 Å². The lowest BCUT2D eigenvalue weighted by atomic mass is 10.1. The summed E-state index contributed by atoms with van der Waals surface area (Å²) in [6.07, 6.45) is 1.61. The molecule has 0 aliphatic rings. The van der Waals surface area contributed by atoms with Crippen LogP contribution in [0.1, 0.15) is 17.4 Å². The van der Waals surface area contributed by atoms with Crippen LogP contribution in [-0.4, -0.2) is 18.8 Å². The van der Waals surface area contributed by atoms with Gasteiger partial charge in [-0.05, 0) is 46.7 Å². The van der Waals surface area contributed by atoms with Crippen molar-refractivity contribution in [2.45, 2.75) is 12.6 Å². The summed E-state index contributed by atoms with van der Waals surface area (Å²) in [6.45, 7) is 0.659. The number of aliphatic hydroxyl groups is 1. The molecule has 0 radical (unpaired) electrons. The Labute approximate surface area is 129 Å². The van der Waals surface area contributed by atoms with Crippen LogP contribution >= 0.6 is 0 Å². The van der Waals surface area contributed by atoms with Crippen molar-refractivity contribution in [2.24, 2.45) is 0 Å². The Balaban J connectivity index is 1.73. The maximum atomic E-state index is 9.47. The molecule has 22 heavy (non-hydrogen) atoms. The van der Waals surface area contributed by atoms with E-state index >= 15 is 0 Å². The highest BCUT2D eigenvalue weighted by Gasteiger charge is 2.12. The first-order chi connectivity index (χ1) is 10.8. The summed E-state index contributed by atoms with van der Waals surface area (Å²) in [5, 5.41) is 15.1. The predicted octanol–water partition coefficient (Wildman–Crippen LogP) is 3.26. The van der Waals surface area contributed by atoms with Crippen molar-refractivity contribution in [3.05, 3.63) is 66.1 Å². The van der Waals surface area contributed by atoms with Gasteiger partial charge < -0.3 is 19.6 Å². The molecule has 1 unspecified atom stereocenters. The molecule has 0 aliphatic heterocycles. The van der Waals surface area contributed by atoms with Gasteiger partial charge in [0.25, 0.3) is 0 Å². The van der Waals surface area contributed by atoms with Crippen molar-refractivity contribution in [3.63, 3.8) is 0 Å². The SMILES string of the molecule is COc1ccc2cc(CNC(CO)c3ccco3)ccc2c1. The Morgan fingerprint density at radius 3 is 2.68 bits per heavy atom. The minimum absolute atomic E-state index is 0.00169. The summed E-state index contributed by atoms with van der Waals surface area (Å²) in [4.78, 5) is 0. The third kappa shape index (κ3) is 3.13. The maximum Gasteiger partial charge on any atom is 0.123 e. The Kier molecular flexibility index (Phi) is 4.42. The number of rotatable bonds is 6. The monoisotopic (exact) mass is 297 g/mol. The second-order valence-corrected chi connectivity index (χ2v) is 5.18. The number of hydrogen-bond donors (Lipinski definition) is 2. The second kappa shape index (κ2) is 6.64. The molecule has 0 saturated heterocycles. The van der Waals surface area contributed by atoms with Crippen molar-refractivity contribution in [3.8, 4) is 5.75 Å². The summed E-state index contributed by atoms with van der Waals surface area (Å²) in [5.74, 6) is 1.60. The molecular weight excluding hydrogens is 278 g/mol. The fraction of sp³-hybridized carbons (Fsp3) is 0.222. The van der Waals surface area contributed by atoms with Crippen LogP contribution in [0, 0.1) is 0 Å². The molecule has 4 nitrogen and oxygen atoms in total. The largest absolute Gasteiger partial charge is 0.497 e. The molecule has 2 N–H and O–H groups in total. The number of aliphatic hydroxyl groups excluding tert-OH is 1. The molecular formula is C18H19NO3. The maximum absolute atomic E-state index is 9.47. The first kappa shape index (κ1) is 14.6. The molecule has 0 bridgehead atoms. The van der Waals surface area contributed by atoms with E-state index < -0.39 is 0 Å². The van der Waals surface area contributed by atoms with E-state index in [1.165, 1.54) is 5.39 Å². The van der Waals surface area contributed by atoms with Gasteiger partial charge in [0, 0.05) is 6.54 Å². The zero-order valence-corrected chi connectivity index (χ0v) is 12.5. The van der Waals surface area contributed by atoms with Crippen molar-refractivity contribution in [1.29, 1.82) is 0 Å². The average molecular weight is 297 g/mol. The Morgan fingerprint density at radius 2 is 1.95 bits per heavy atom. The molecule has 3 aromatic rings. The summed E-state index contributed by atoms with van der Waals surface area (Å²) in [7, 11) is 1.67. The summed E-state index contributed by atoms with van der Waals surface area (Å²) in [5.41, 5.74) is 1.16. The van der Waals surface area contributed by atoms with Gasteiger partial charge in [0.2, 0.25) is 0 Å². The van der Waals surface area contributed by atoms with E-state index in [1.807, 2.05) is 30.3 Å². The van der Waals surface area contributed by atoms with Gasteiger partial charge >= 0.3 is 0 Å². The minimum atomic E-state index is -0.193. The lowest BCUT2D eigenvalue weighted by Gasteiger charge is -2.14. The Morgan fingerprint density at radius 1 is 1.14 bits per heavy atom.